The fourth-order valence-electron chi connectivity index (χ4n) is 2.27. The van der Waals surface area contributed by atoms with Crippen LogP contribution in [-0.2, 0) is 4.79 Å². The summed E-state index contributed by atoms with van der Waals surface area (Å²) in [5, 5.41) is 19.7. The highest BCUT2D eigenvalue weighted by Crippen LogP contribution is 2.14. The molecule has 24 heavy (non-hydrogen) atoms. The van der Waals surface area contributed by atoms with Crippen LogP contribution in [0.3, 0.4) is 0 Å². The van der Waals surface area contributed by atoms with Crippen LogP contribution in [0.5, 0.6) is 0 Å². The lowest BCUT2D eigenvalue weighted by atomic mass is 9.97. The Morgan fingerprint density at radius 1 is 1.00 bits per heavy atom. The first-order valence-corrected chi connectivity index (χ1v) is 8.94. The van der Waals surface area contributed by atoms with Gasteiger partial charge in [0.05, 0.1) is 12.2 Å². The smallest absolute Gasteiger partial charge is 0.222 e. The van der Waals surface area contributed by atoms with E-state index in [2.05, 4.69) is 13.8 Å². The number of allylic oxidation sites excluding steroid dienone is 4. The molecule has 0 radical (unpaired) electrons. The molecule has 4 heteroatoms. The van der Waals surface area contributed by atoms with Crippen molar-refractivity contribution in [3.63, 3.8) is 0 Å². The number of aliphatic hydroxyl groups excluding tert-OH is 2. The van der Waals surface area contributed by atoms with E-state index in [0.29, 0.717) is 18.8 Å². The van der Waals surface area contributed by atoms with E-state index in [1.165, 1.54) is 17.7 Å². The van der Waals surface area contributed by atoms with E-state index < -0.39 is 12.2 Å². The Morgan fingerprint density at radius 2 is 1.58 bits per heavy atom. The summed E-state index contributed by atoms with van der Waals surface area (Å²) in [5.41, 5.74) is 0. The Kier molecular flexibility index (Phi) is 13.2. The molecule has 4 nitrogen and oxygen atoms in total. The summed E-state index contributed by atoms with van der Waals surface area (Å²) < 4.78 is 0. The fraction of sp³-hybridized carbons (Fsp3) is 0.650. The molecule has 0 aliphatic heterocycles. The third-order valence-corrected chi connectivity index (χ3v) is 3.85. The lowest BCUT2D eigenvalue weighted by Gasteiger charge is -2.12. The van der Waals surface area contributed by atoms with Crippen LogP contribution in [0.4, 0.5) is 0 Å². The van der Waals surface area contributed by atoms with E-state index in [0.717, 1.165) is 12.8 Å². The van der Waals surface area contributed by atoms with Crippen LogP contribution in [0, 0.1) is 5.92 Å². The molecule has 0 aromatic rings. The highest BCUT2D eigenvalue weighted by molar-refractivity contribution is 5.75. The van der Waals surface area contributed by atoms with Gasteiger partial charge in [0.25, 0.3) is 0 Å². The van der Waals surface area contributed by atoms with Crippen molar-refractivity contribution in [2.75, 3.05) is 14.1 Å². The Hall–Kier alpha value is -1.39. The van der Waals surface area contributed by atoms with Crippen molar-refractivity contribution in [3.05, 3.63) is 36.5 Å². The molecule has 0 bridgehead atoms. The average Bonchev–Trinajstić information content (AvgIpc) is 2.53. The van der Waals surface area contributed by atoms with Gasteiger partial charge >= 0.3 is 0 Å². The Balaban J connectivity index is 3.98. The highest BCUT2D eigenvalue weighted by Gasteiger charge is 2.07. The standard InChI is InChI=1S/C20H35NO3/c1-5-6-11-17(2)16-19(23)13-10-8-7-9-12-18(22)14-15-20(24)21(3)4/h7-10,12-13,17-19,22-23H,5-6,11,14-16H2,1-4H3. The van der Waals surface area contributed by atoms with E-state index in [4.69, 9.17) is 0 Å². The predicted molar refractivity (Wildman–Crippen MR) is 101 cm³/mol. The van der Waals surface area contributed by atoms with Crippen molar-refractivity contribution in [1.29, 1.82) is 0 Å². The number of rotatable bonds is 12. The van der Waals surface area contributed by atoms with Crippen LogP contribution in [0.1, 0.15) is 52.4 Å². The number of hydrogen-bond acceptors (Lipinski definition) is 3. The van der Waals surface area contributed by atoms with Gasteiger partial charge in [-0.25, -0.2) is 0 Å². The summed E-state index contributed by atoms with van der Waals surface area (Å²) in [4.78, 5) is 12.9. The molecule has 0 aromatic carbocycles. The van der Waals surface area contributed by atoms with Gasteiger partial charge < -0.3 is 15.1 Å². The number of nitrogens with zero attached hydrogens (tertiary/aromatic N) is 1. The average molecular weight is 338 g/mol. The molecule has 0 saturated heterocycles. The number of amides is 1. The van der Waals surface area contributed by atoms with E-state index in [1.54, 1.807) is 38.4 Å². The SMILES string of the molecule is CCCCC(C)CC(O)C=CC=CC=CC(O)CCC(=O)N(C)C. The van der Waals surface area contributed by atoms with Crippen molar-refractivity contribution < 1.29 is 15.0 Å². The minimum Gasteiger partial charge on any atom is -0.389 e. The normalized spacial score (nSPS) is 16.1. The van der Waals surface area contributed by atoms with E-state index in [9.17, 15) is 15.0 Å². The van der Waals surface area contributed by atoms with Gasteiger partial charge in [-0.2, -0.15) is 0 Å². The zero-order chi connectivity index (χ0) is 18.4. The first kappa shape index (κ1) is 22.6. The Morgan fingerprint density at radius 3 is 2.12 bits per heavy atom. The van der Waals surface area contributed by atoms with E-state index in [-0.39, 0.29) is 5.91 Å². The van der Waals surface area contributed by atoms with Gasteiger partial charge in [-0.1, -0.05) is 69.6 Å². The van der Waals surface area contributed by atoms with Gasteiger partial charge in [-0.3, -0.25) is 4.79 Å². The van der Waals surface area contributed by atoms with Crippen LogP contribution in [0.2, 0.25) is 0 Å². The Labute approximate surface area is 147 Å². The second-order valence-electron chi connectivity index (χ2n) is 6.60. The van der Waals surface area contributed by atoms with Crippen LogP contribution in [0.15, 0.2) is 36.5 Å². The third-order valence-electron chi connectivity index (χ3n) is 3.85. The number of aliphatic hydroxyl groups is 2. The van der Waals surface area contributed by atoms with Gasteiger partial charge in [-0.15, -0.1) is 0 Å². The summed E-state index contributed by atoms with van der Waals surface area (Å²) in [6, 6.07) is 0. The van der Waals surface area contributed by atoms with Crippen molar-refractivity contribution in [2.45, 2.75) is 64.6 Å². The molecule has 0 aromatic heterocycles. The number of carbonyl (C=O) groups excluding carboxylic acids is 1. The van der Waals surface area contributed by atoms with Crippen molar-refractivity contribution in [3.8, 4) is 0 Å². The number of hydrogen-bond donors (Lipinski definition) is 2. The van der Waals surface area contributed by atoms with Crippen LogP contribution < -0.4 is 0 Å². The largest absolute Gasteiger partial charge is 0.389 e. The molecule has 138 valence electrons. The highest BCUT2D eigenvalue weighted by atomic mass is 16.3. The summed E-state index contributed by atoms with van der Waals surface area (Å²) in [7, 11) is 3.41. The van der Waals surface area contributed by atoms with Gasteiger partial charge in [0.15, 0.2) is 0 Å². The van der Waals surface area contributed by atoms with Gasteiger partial charge in [-0.05, 0) is 18.8 Å². The zero-order valence-corrected chi connectivity index (χ0v) is 15.7. The molecule has 3 unspecified atom stereocenters. The second-order valence-corrected chi connectivity index (χ2v) is 6.60. The molecule has 0 heterocycles. The number of unbranched alkanes of at least 4 members (excludes halogenated alkanes) is 1. The number of carbonyl (C=O) groups is 1. The summed E-state index contributed by atoms with van der Waals surface area (Å²) in [6.45, 7) is 4.35. The molecule has 1 amide bonds. The second kappa shape index (κ2) is 14.0. The van der Waals surface area contributed by atoms with Crippen LogP contribution >= 0.6 is 0 Å². The quantitative estimate of drug-likeness (QED) is 0.536. The topological polar surface area (TPSA) is 60.8 Å². The zero-order valence-electron chi connectivity index (χ0n) is 15.7. The van der Waals surface area contributed by atoms with Gasteiger partial charge in [0, 0.05) is 20.5 Å². The third kappa shape index (κ3) is 13.1. The summed E-state index contributed by atoms with van der Waals surface area (Å²) >= 11 is 0. The molecule has 0 fully saturated rings. The van der Waals surface area contributed by atoms with Gasteiger partial charge in [0.2, 0.25) is 5.91 Å². The van der Waals surface area contributed by atoms with E-state index >= 15 is 0 Å². The van der Waals surface area contributed by atoms with Crippen LogP contribution in [0.25, 0.3) is 0 Å². The van der Waals surface area contributed by atoms with Gasteiger partial charge in [0.1, 0.15) is 0 Å². The maximum atomic E-state index is 11.4. The van der Waals surface area contributed by atoms with Crippen LogP contribution in [-0.4, -0.2) is 47.3 Å². The molecule has 0 rings (SSSR count). The molecule has 2 N–H and O–H groups in total. The maximum Gasteiger partial charge on any atom is 0.222 e. The molecular formula is C20H35NO3. The van der Waals surface area contributed by atoms with Crippen molar-refractivity contribution in [2.24, 2.45) is 5.92 Å². The minimum absolute atomic E-state index is 0.0167. The van der Waals surface area contributed by atoms with Crippen molar-refractivity contribution in [1.82, 2.24) is 4.90 Å². The lowest BCUT2D eigenvalue weighted by Crippen LogP contribution is -2.22. The monoisotopic (exact) mass is 337 g/mol. The first-order valence-electron chi connectivity index (χ1n) is 8.94. The fourth-order valence-corrected chi connectivity index (χ4v) is 2.27. The first-order chi connectivity index (χ1) is 11.4. The van der Waals surface area contributed by atoms with E-state index in [1.807, 2.05) is 12.2 Å². The maximum absolute atomic E-state index is 11.4. The summed E-state index contributed by atoms with van der Waals surface area (Å²) in [6.07, 6.45) is 14.8. The molecule has 0 aliphatic rings. The Bertz CT molecular complexity index is 413. The molecule has 0 aliphatic carbocycles. The minimum atomic E-state index is -0.618. The predicted octanol–water partition coefficient (Wildman–Crippen LogP) is 3.46. The molecule has 0 saturated carbocycles. The summed E-state index contributed by atoms with van der Waals surface area (Å²) in [5.74, 6) is 0.552. The van der Waals surface area contributed by atoms with Crippen molar-refractivity contribution >= 4 is 5.91 Å². The molecule has 3 atom stereocenters. The molecule has 0 spiro atoms. The molecular weight excluding hydrogens is 302 g/mol. The lowest BCUT2D eigenvalue weighted by molar-refractivity contribution is -0.129.